The number of amides is 2. The van der Waals surface area contributed by atoms with Gasteiger partial charge in [0.1, 0.15) is 23.2 Å². The second kappa shape index (κ2) is 7.83. The predicted octanol–water partition coefficient (Wildman–Crippen LogP) is 3.88. The fourth-order valence-electron chi connectivity index (χ4n) is 2.48. The zero-order chi connectivity index (χ0) is 20.3. The SMILES string of the molecule is Cc1ccnc(NC(=O)c2ccc(NC(=O)c3cc(F)cc(F)c3)cc2O)c1. The highest BCUT2D eigenvalue weighted by Gasteiger charge is 2.15. The van der Waals surface area contributed by atoms with Gasteiger partial charge in [0, 0.05) is 29.6 Å². The first-order valence-corrected chi connectivity index (χ1v) is 8.16. The number of aromatic hydroxyl groups is 1. The molecule has 0 spiro atoms. The molecule has 0 saturated heterocycles. The largest absolute Gasteiger partial charge is 0.507 e. The first-order chi connectivity index (χ1) is 13.3. The molecule has 2 aromatic carbocycles. The van der Waals surface area contributed by atoms with E-state index in [4.69, 9.17) is 0 Å². The van der Waals surface area contributed by atoms with Gasteiger partial charge in [0.2, 0.25) is 0 Å². The number of benzene rings is 2. The maximum atomic E-state index is 13.2. The van der Waals surface area contributed by atoms with Gasteiger partial charge in [-0.1, -0.05) is 0 Å². The van der Waals surface area contributed by atoms with Gasteiger partial charge >= 0.3 is 0 Å². The number of carbonyl (C=O) groups is 2. The first-order valence-electron chi connectivity index (χ1n) is 8.16. The molecule has 0 aliphatic rings. The number of hydrogen-bond acceptors (Lipinski definition) is 4. The molecule has 0 fully saturated rings. The number of phenols is 1. The summed E-state index contributed by atoms with van der Waals surface area (Å²) >= 11 is 0. The van der Waals surface area contributed by atoms with E-state index >= 15 is 0 Å². The molecule has 3 N–H and O–H groups in total. The topological polar surface area (TPSA) is 91.3 Å². The van der Waals surface area contributed by atoms with Crippen molar-refractivity contribution in [1.82, 2.24) is 4.98 Å². The van der Waals surface area contributed by atoms with Gasteiger partial charge in [-0.3, -0.25) is 9.59 Å². The Kier molecular flexibility index (Phi) is 5.30. The van der Waals surface area contributed by atoms with Crippen LogP contribution >= 0.6 is 0 Å². The van der Waals surface area contributed by atoms with Crippen molar-refractivity contribution in [3.63, 3.8) is 0 Å². The molecule has 6 nitrogen and oxygen atoms in total. The molecule has 142 valence electrons. The summed E-state index contributed by atoms with van der Waals surface area (Å²) in [5, 5.41) is 15.1. The Labute approximate surface area is 158 Å². The van der Waals surface area contributed by atoms with Crippen molar-refractivity contribution < 1.29 is 23.5 Å². The van der Waals surface area contributed by atoms with Crippen LogP contribution in [0.2, 0.25) is 0 Å². The lowest BCUT2D eigenvalue weighted by atomic mass is 10.1. The van der Waals surface area contributed by atoms with Crippen LogP contribution in [0.15, 0.2) is 54.7 Å². The Bertz CT molecular complexity index is 1050. The number of nitrogens with one attached hydrogen (secondary N) is 2. The fourth-order valence-corrected chi connectivity index (χ4v) is 2.48. The molecular weight excluding hydrogens is 368 g/mol. The molecule has 0 bridgehead atoms. The van der Waals surface area contributed by atoms with Crippen LogP contribution in [0.1, 0.15) is 26.3 Å². The molecule has 0 aliphatic heterocycles. The maximum Gasteiger partial charge on any atom is 0.260 e. The molecule has 0 saturated carbocycles. The van der Waals surface area contributed by atoms with Crippen LogP contribution in [0.4, 0.5) is 20.3 Å². The normalized spacial score (nSPS) is 10.4. The molecule has 0 radical (unpaired) electrons. The van der Waals surface area contributed by atoms with Crippen molar-refractivity contribution >= 4 is 23.3 Å². The predicted molar refractivity (Wildman–Crippen MR) is 99.3 cm³/mol. The number of aryl methyl sites for hydroxylation is 1. The Hall–Kier alpha value is -3.81. The lowest BCUT2D eigenvalue weighted by Gasteiger charge is -2.10. The molecule has 28 heavy (non-hydrogen) atoms. The van der Waals surface area contributed by atoms with E-state index in [1.54, 1.807) is 18.3 Å². The van der Waals surface area contributed by atoms with E-state index in [1.807, 2.05) is 6.92 Å². The van der Waals surface area contributed by atoms with Gasteiger partial charge in [0.05, 0.1) is 5.56 Å². The van der Waals surface area contributed by atoms with Crippen LogP contribution in [0, 0.1) is 18.6 Å². The van der Waals surface area contributed by atoms with Crippen LogP contribution in [0.5, 0.6) is 5.75 Å². The van der Waals surface area contributed by atoms with Crippen molar-refractivity contribution in [2.24, 2.45) is 0 Å². The number of halogens is 2. The van der Waals surface area contributed by atoms with Gasteiger partial charge in [-0.2, -0.15) is 0 Å². The van der Waals surface area contributed by atoms with E-state index in [-0.39, 0.29) is 22.6 Å². The summed E-state index contributed by atoms with van der Waals surface area (Å²) in [6.07, 6.45) is 1.54. The zero-order valence-corrected chi connectivity index (χ0v) is 14.7. The summed E-state index contributed by atoms with van der Waals surface area (Å²) in [4.78, 5) is 28.4. The minimum absolute atomic E-state index is 0.0295. The standard InChI is InChI=1S/C20H15F2N3O3/c1-11-4-5-23-18(6-11)25-20(28)16-3-2-15(10-17(16)26)24-19(27)12-7-13(21)9-14(22)8-12/h2-10,26H,1H3,(H,24,27)(H,23,25,28). The summed E-state index contributed by atoms with van der Waals surface area (Å²) in [5.41, 5.74) is 0.807. The second-order valence-corrected chi connectivity index (χ2v) is 6.02. The quantitative estimate of drug-likeness (QED) is 0.638. The average Bonchev–Trinajstić information content (AvgIpc) is 2.60. The third-order valence-electron chi connectivity index (χ3n) is 3.78. The lowest BCUT2D eigenvalue weighted by Crippen LogP contribution is -2.15. The molecule has 1 heterocycles. The third kappa shape index (κ3) is 4.47. The number of aromatic nitrogens is 1. The molecule has 0 aliphatic carbocycles. The van der Waals surface area contributed by atoms with E-state index in [1.165, 1.54) is 12.1 Å². The van der Waals surface area contributed by atoms with Crippen LogP contribution in [0.25, 0.3) is 0 Å². The van der Waals surface area contributed by atoms with Crippen LogP contribution in [0.3, 0.4) is 0 Å². The van der Waals surface area contributed by atoms with Gasteiger partial charge in [0.25, 0.3) is 11.8 Å². The highest BCUT2D eigenvalue weighted by atomic mass is 19.1. The highest BCUT2D eigenvalue weighted by Crippen LogP contribution is 2.23. The third-order valence-corrected chi connectivity index (χ3v) is 3.78. The van der Waals surface area contributed by atoms with Crippen molar-refractivity contribution in [3.05, 3.63) is 83.1 Å². The maximum absolute atomic E-state index is 13.2. The van der Waals surface area contributed by atoms with E-state index in [0.29, 0.717) is 11.9 Å². The number of rotatable bonds is 4. The van der Waals surface area contributed by atoms with E-state index < -0.39 is 23.4 Å². The average molecular weight is 383 g/mol. The Balaban J connectivity index is 1.74. The number of nitrogens with zero attached hydrogens (tertiary/aromatic N) is 1. The van der Waals surface area contributed by atoms with Crippen molar-refractivity contribution in [3.8, 4) is 5.75 Å². The van der Waals surface area contributed by atoms with Crippen molar-refractivity contribution in [2.75, 3.05) is 10.6 Å². The monoisotopic (exact) mass is 383 g/mol. The van der Waals surface area contributed by atoms with Crippen molar-refractivity contribution in [2.45, 2.75) is 6.92 Å². The van der Waals surface area contributed by atoms with Gasteiger partial charge in [-0.15, -0.1) is 0 Å². The molecule has 2 amide bonds. The van der Waals surface area contributed by atoms with E-state index in [2.05, 4.69) is 15.6 Å². The van der Waals surface area contributed by atoms with Gasteiger partial charge in [-0.25, -0.2) is 13.8 Å². The second-order valence-electron chi connectivity index (χ2n) is 6.02. The zero-order valence-electron chi connectivity index (χ0n) is 14.7. The minimum atomic E-state index is -0.884. The summed E-state index contributed by atoms with van der Waals surface area (Å²) in [7, 11) is 0. The smallest absolute Gasteiger partial charge is 0.260 e. The molecule has 0 unspecified atom stereocenters. The first kappa shape index (κ1) is 19.0. The Morgan fingerprint density at radius 3 is 2.29 bits per heavy atom. The summed E-state index contributed by atoms with van der Waals surface area (Å²) in [6.45, 7) is 1.84. The number of phenolic OH excluding ortho intramolecular Hbond substituents is 1. The fraction of sp³-hybridized carbons (Fsp3) is 0.0500. The molecule has 8 heteroatoms. The van der Waals surface area contributed by atoms with Crippen LogP contribution in [-0.4, -0.2) is 21.9 Å². The molecular formula is C20H15F2N3O3. The number of pyridine rings is 1. The van der Waals surface area contributed by atoms with Gasteiger partial charge in [-0.05, 0) is 48.9 Å². The summed E-state index contributed by atoms with van der Waals surface area (Å²) in [6, 6.07) is 9.71. The summed E-state index contributed by atoms with van der Waals surface area (Å²) < 4.78 is 26.5. The molecule has 0 atom stereocenters. The molecule has 3 aromatic rings. The number of hydrogen-bond donors (Lipinski definition) is 3. The van der Waals surface area contributed by atoms with Crippen LogP contribution < -0.4 is 10.6 Å². The highest BCUT2D eigenvalue weighted by molar-refractivity contribution is 6.07. The van der Waals surface area contributed by atoms with E-state index in [0.717, 1.165) is 23.8 Å². The lowest BCUT2D eigenvalue weighted by molar-refractivity contribution is 0.101. The number of anilines is 2. The molecule has 1 aromatic heterocycles. The van der Waals surface area contributed by atoms with E-state index in [9.17, 15) is 23.5 Å². The summed E-state index contributed by atoms with van der Waals surface area (Å²) in [5.74, 6) is -3.17. The van der Waals surface area contributed by atoms with Crippen LogP contribution in [-0.2, 0) is 0 Å². The van der Waals surface area contributed by atoms with Gasteiger partial charge in [0.15, 0.2) is 0 Å². The van der Waals surface area contributed by atoms with Crippen molar-refractivity contribution in [1.29, 1.82) is 0 Å². The Morgan fingerprint density at radius 1 is 0.929 bits per heavy atom. The number of carbonyl (C=O) groups excluding carboxylic acids is 2. The molecule has 3 rings (SSSR count). The Morgan fingerprint density at radius 2 is 1.64 bits per heavy atom. The van der Waals surface area contributed by atoms with Gasteiger partial charge < -0.3 is 15.7 Å². The minimum Gasteiger partial charge on any atom is -0.507 e.